The van der Waals surface area contributed by atoms with Gasteiger partial charge in [-0.05, 0) is 44.1 Å². The predicted molar refractivity (Wildman–Crippen MR) is 89.8 cm³/mol. The topological polar surface area (TPSA) is 40.2 Å². The smallest absolute Gasteiger partial charge is 0.183 e. The Morgan fingerprint density at radius 3 is 2.76 bits per heavy atom. The molecule has 0 saturated carbocycles. The molecule has 1 aromatic carbocycles. The number of rotatable bonds is 3. The summed E-state index contributed by atoms with van der Waals surface area (Å²) in [5, 5.41) is 1.94. The van der Waals surface area contributed by atoms with Gasteiger partial charge in [0.15, 0.2) is 5.11 Å². The van der Waals surface area contributed by atoms with Crippen LogP contribution in [-0.2, 0) is 0 Å². The lowest BCUT2D eigenvalue weighted by atomic mass is 10.1. The van der Waals surface area contributed by atoms with Gasteiger partial charge >= 0.3 is 0 Å². The molecule has 2 aromatic rings. The summed E-state index contributed by atoms with van der Waals surface area (Å²) in [5.41, 5.74) is 8.41. The average Bonchev–Trinajstić information content (AvgIpc) is 3.06. The van der Waals surface area contributed by atoms with E-state index in [1.165, 1.54) is 12.8 Å². The lowest BCUT2D eigenvalue weighted by molar-refractivity contribution is 0.461. The minimum absolute atomic E-state index is 0.0927. The van der Waals surface area contributed by atoms with Gasteiger partial charge in [0.05, 0.1) is 17.3 Å². The van der Waals surface area contributed by atoms with Crippen LogP contribution in [0.4, 0.5) is 0 Å². The molecule has 5 heteroatoms. The molecule has 21 heavy (non-hydrogen) atoms. The molecule has 3 rings (SSSR count). The molecule has 1 aliphatic heterocycles. The number of thiocarbonyl (C=S) groups is 1. The van der Waals surface area contributed by atoms with E-state index < -0.39 is 0 Å². The van der Waals surface area contributed by atoms with Crippen LogP contribution in [0.2, 0.25) is 0 Å². The quantitative estimate of drug-likeness (QED) is 0.674. The van der Waals surface area contributed by atoms with Gasteiger partial charge in [0.25, 0.3) is 0 Å². The SMILES string of the molecule is C[C@H](NNC(=S)N1CCCC1)c1ccc2ccccc2n1. The van der Waals surface area contributed by atoms with Crippen LogP contribution < -0.4 is 10.9 Å². The molecule has 1 atom stereocenters. The number of benzene rings is 1. The summed E-state index contributed by atoms with van der Waals surface area (Å²) in [4.78, 5) is 6.89. The zero-order chi connectivity index (χ0) is 14.7. The summed E-state index contributed by atoms with van der Waals surface area (Å²) in [7, 11) is 0. The Kier molecular flexibility index (Phi) is 4.31. The van der Waals surface area contributed by atoms with Gasteiger partial charge in [-0.1, -0.05) is 24.3 Å². The van der Waals surface area contributed by atoms with Crippen molar-refractivity contribution in [2.75, 3.05) is 13.1 Å². The van der Waals surface area contributed by atoms with Crippen molar-refractivity contribution >= 4 is 28.2 Å². The highest BCUT2D eigenvalue weighted by Crippen LogP contribution is 2.16. The van der Waals surface area contributed by atoms with Gasteiger partial charge in [0.1, 0.15) is 0 Å². The second-order valence-corrected chi connectivity index (χ2v) is 5.81. The number of nitrogens with one attached hydrogen (secondary N) is 2. The Bertz CT molecular complexity index is 637. The molecule has 0 aliphatic carbocycles. The number of hydrogen-bond donors (Lipinski definition) is 2. The first-order valence-corrected chi connectivity index (χ1v) is 7.81. The summed E-state index contributed by atoms with van der Waals surface area (Å²) in [6, 6.07) is 12.4. The van der Waals surface area contributed by atoms with Crippen molar-refractivity contribution < 1.29 is 0 Å². The van der Waals surface area contributed by atoms with Crippen LogP contribution in [0.25, 0.3) is 10.9 Å². The van der Waals surface area contributed by atoms with Gasteiger partial charge in [-0.3, -0.25) is 10.4 Å². The molecular weight excluding hydrogens is 280 g/mol. The molecule has 2 heterocycles. The summed E-state index contributed by atoms with van der Waals surface area (Å²) in [5.74, 6) is 0. The molecule has 1 fully saturated rings. The molecule has 0 amide bonds. The van der Waals surface area contributed by atoms with Crippen molar-refractivity contribution in [1.82, 2.24) is 20.7 Å². The number of pyridine rings is 1. The number of aromatic nitrogens is 1. The Hall–Kier alpha value is -1.72. The first-order valence-electron chi connectivity index (χ1n) is 7.40. The molecular formula is C16H20N4S. The Labute approximate surface area is 130 Å². The van der Waals surface area contributed by atoms with Crippen molar-refractivity contribution in [2.24, 2.45) is 0 Å². The normalized spacial score (nSPS) is 16.1. The van der Waals surface area contributed by atoms with Gasteiger partial charge in [0, 0.05) is 18.5 Å². The molecule has 0 radical (unpaired) electrons. The lowest BCUT2D eigenvalue weighted by Gasteiger charge is -2.22. The zero-order valence-electron chi connectivity index (χ0n) is 12.2. The van der Waals surface area contributed by atoms with E-state index in [9.17, 15) is 0 Å². The highest BCUT2D eigenvalue weighted by atomic mass is 32.1. The Morgan fingerprint density at radius 1 is 1.19 bits per heavy atom. The number of hydrazine groups is 1. The minimum Gasteiger partial charge on any atom is -0.348 e. The first-order chi connectivity index (χ1) is 10.2. The van der Waals surface area contributed by atoms with E-state index >= 15 is 0 Å². The van der Waals surface area contributed by atoms with Crippen molar-refractivity contribution in [3.05, 3.63) is 42.1 Å². The van der Waals surface area contributed by atoms with E-state index in [-0.39, 0.29) is 6.04 Å². The number of para-hydroxylation sites is 1. The van der Waals surface area contributed by atoms with Crippen LogP contribution in [0, 0.1) is 0 Å². The number of likely N-dealkylation sites (tertiary alicyclic amines) is 1. The summed E-state index contributed by atoms with van der Waals surface area (Å²) in [6.07, 6.45) is 2.45. The standard InChI is InChI=1S/C16H20N4S/c1-12(18-19-16(21)20-10-4-5-11-20)14-9-8-13-6-2-3-7-15(13)17-14/h2-3,6-9,12,18H,4-5,10-11H2,1H3,(H,19,21)/t12-/m0/s1. The van der Waals surface area contributed by atoms with Gasteiger partial charge in [0.2, 0.25) is 0 Å². The van der Waals surface area contributed by atoms with Crippen LogP contribution >= 0.6 is 12.2 Å². The largest absolute Gasteiger partial charge is 0.348 e. The fraction of sp³-hybridized carbons (Fsp3) is 0.375. The Balaban J connectivity index is 1.63. The van der Waals surface area contributed by atoms with E-state index in [2.05, 4.69) is 40.9 Å². The number of nitrogens with zero attached hydrogens (tertiary/aromatic N) is 2. The van der Waals surface area contributed by atoms with Crippen LogP contribution in [0.3, 0.4) is 0 Å². The summed E-state index contributed by atoms with van der Waals surface area (Å²) in [6.45, 7) is 4.18. The lowest BCUT2D eigenvalue weighted by Crippen LogP contribution is -2.46. The van der Waals surface area contributed by atoms with E-state index in [0.717, 1.165) is 34.8 Å². The Morgan fingerprint density at radius 2 is 1.95 bits per heavy atom. The van der Waals surface area contributed by atoms with E-state index in [1.54, 1.807) is 0 Å². The van der Waals surface area contributed by atoms with Gasteiger partial charge < -0.3 is 4.90 Å². The van der Waals surface area contributed by atoms with Crippen molar-refractivity contribution in [3.63, 3.8) is 0 Å². The fourth-order valence-corrected chi connectivity index (χ4v) is 2.81. The highest BCUT2D eigenvalue weighted by molar-refractivity contribution is 7.80. The van der Waals surface area contributed by atoms with E-state index in [1.807, 2.05) is 18.2 Å². The number of fused-ring (bicyclic) bond motifs is 1. The van der Waals surface area contributed by atoms with Crippen LogP contribution in [0.15, 0.2) is 36.4 Å². The minimum atomic E-state index is 0.0927. The monoisotopic (exact) mass is 300 g/mol. The summed E-state index contributed by atoms with van der Waals surface area (Å²) >= 11 is 5.39. The maximum atomic E-state index is 5.39. The molecule has 2 N–H and O–H groups in total. The molecule has 0 spiro atoms. The van der Waals surface area contributed by atoms with E-state index in [4.69, 9.17) is 17.2 Å². The molecule has 0 unspecified atom stereocenters. The van der Waals surface area contributed by atoms with E-state index in [0.29, 0.717) is 0 Å². The van der Waals surface area contributed by atoms with Crippen molar-refractivity contribution in [2.45, 2.75) is 25.8 Å². The second-order valence-electron chi connectivity index (χ2n) is 5.42. The molecule has 1 saturated heterocycles. The third-order valence-electron chi connectivity index (χ3n) is 3.85. The van der Waals surface area contributed by atoms with Gasteiger partial charge in [-0.25, -0.2) is 5.43 Å². The van der Waals surface area contributed by atoms with Crippen molar-refractivity contribution in [3.8, 4) is 0 Å². The second kappa shape index (κ2) is 6.37. The molecule has 0 bridgehead atoms. The molecule has 110 valence electrons. The number of hydrogen-bond acceptors (Lipinski definition) is 3. The molecule has 4 nitrogen and oxygen atoms in total. The third-order valence-corrected chi connectivity index (χ3v) is 4.21. The van der Waals surface area contributed by atoms with Gasteiger partial charge in [-0.15, -0.1) is 0 Å². The maximum Gasteiger partial charge on any atom is 0.183 e. The maximum absolute atomic E-state index is 5.39. The molecule has 1 aromatic heterocycles. The average molecular weight is 300 g/mol. The predicted octanol–water partition coefficient (Wildman–Crippen LogP) is 2.77. The first kappa shape index (κ1) is 14.2. The van der Waals surface area contributed by atoms with Crippen LogP contribution in [0.1, 0.15) is 31.5 Å². The fourth-order valence-electron chi connectivity index (χ4n) is 2.57. The van der Waals surface area contributed by atoms with Gasteiger partial charge in [-0.2, -0.15) is 0 Å². The highest BCUT2D eigenvalue weighted by Gasteiger charge is 2.15. The van der Waals surface area contributed by atoms with Crippen LogP contribution in [-0.4, -0.2) is 28.1 Å². The molecule has 1 aliphatic rings. The van der Waals surface area contributed by atoms with Crippen molar-refractivity contribution in [1.29, 1.82) is 0 Å². The zero-order valence-corrected chi connectivity index (χ0v) is 13.0. The third kappa shape index (κ3) is 3.31. The summed E-state index contributed by atoms with van der Waals surface area (Å²) < 4.78 is 0. The van der Waals surface area contributed by atoms with Crippen LogP contribution in [0.5, 0.6) is 0 Å².